The van der Waals surface area contributed by atoms with Gasteiger partial charge in [-0.05, 0) is 13.3 Å². The Kier molecular flexibility index (Phi) is 9.82. The van der Waals surface area contributed by atoms with Crippen LogP contribution < -0.4 is 0 Å². The molecule has 0 radical (unpaired) electrons. The van der Waals surface area contributed by atoms with Crippen LogP contribution in [0.1, 0.15) is 70.8 Å². The van der Waals surface area contributed by atoms with E-state index in [1.165, 1.54) is 32.1 Å². The molecule has 1 amide bonds. The number of ether oxygens (including phenoxy) is 1. The summed E-state index contributed by atoms with van der Waals surface area (Å²) in [5.74, 6) is -0.145. The first-order valence-electron chi connectivity index (χ1n) is 10.8. The predicted octanol–water partition coefficient (Wildman–Crippen LogP) is 4.29. The summed E-state index contributed by atoms with van der Waals surface area (Å²) in [4.78, 5) is 18.7. The number of carbonyl (C=O) groups excluding carboxylic acids is 1. The Morgan fingerprint density at radius 3 is 2.32 bits per heavy atom. The first kappa shape index (κ1) is 22.7. The third-order valence-corrected chi connectivity index (χ3v) is 5.44. The highest BCUT2D eigenvalue weighted by Crippen LogP contribution is 2.29. The van der Waals surface area contributed by atoms with Crippen LogP contribution in [0, 0.1) is 0 Å². The highest BCUT2D eigenvalue weighted by molar-refractivity contribution is 5.99. The topological polar surface area (TPSA) is 62.1 Å². The fraction of sp³-hybridized carbons (Fsp3) is 0.652. The van der Waals surface area contributed by atoms with E-state index in [9.17, 15) is 9.90 Å². The lowest BCUT2D eigenvalue weighted by Crippen LogP contribution is -2.55. The smallest absolute Gasteiger partial charge is 0.245 e. The molecule has 0 saturated carbocycles. The van der Waals surface area contributed by atoms with Gasteiger partial charge in [-0.15, -0.1) is 0 Å². The third-order valence-electron chi connectivity index (χ3n) is 5.44. The van der Waals surface area contributed by atoms with Gasteiger partial charge in [-0.25, -0.2) is 4.99 Å². The molecular weight excluding hydrogens is 352 g/mol. The number of carbonyl (C=O) groups is 1. The fourth-order valence-corrected chi connectivity index (χ4v) is 3.73. The lowest BCUT2D eigenvalue weighted by molar-refractivity contribution is -0.119. The van der Waals surface area contributed by atoms with Gasteiger partial charge in [0, 0.05) is 25.1 Å². The van der Waals surface area contributed by atoms with Crippen LogP contribution in [0.5, 0.6) is 0 Å². The maximum atomic E-state index is 12.4. The maximum absolute atomic E-state index is 12.4. The summed E-state index contributed by atoms with van der Waals surface area (Å²) >= 11 is 0. The molecule has 0 spiro atoms. The van der Waals surface area contributed by atoms with Crippen LogP contribution in [0.3, 0.4) is 0 Å². The van der Waals surface area contributed by atoms with Crippen molar-refractivity contribution in [2.45, 2.75) is 70.9 Å². The van der Waals surface area contributed by atoms with Gasteiger partial charge in [0.05, 0.1) is 18.9 Å². The van der Waals surface area contributed by atoms with Gasteiger partial charge in [0.15, 0.2) is 5.72 Å². The predicted molar refractivity (Wildman–Crippen MR) is 113 cm³/mol. The van der Waals surface area contributed by atoms with Gasteiger partial charge in [-0.1, -0.05) is 75.8 Å². The normalized spacial score (nSPS) is 18.0. The zero-order valence-electron chi connectivity index (χ0n) is 17.5. The highest BCUT2D eigenvalue weighted by Gasteiger charge is 2.40. The standard InChI is InChI=1S/C23H36N2O3/c1-3-4-5-6-7-8-12-15-22(26)24-20(2)23(27,21-13-10-9-11-14-21)25-16-18-28-19-17-25/h9-11,13-14,27H,3-8,12,15-19H2,1-2H3. The van der Waals surface area contributed by atoms with Crippen LogP contribution in [0.25, 0.3) is 0 Å². The van der Waals surface area contributed by atoms with Crippen LogP contribution in [0.2, 0.25) is 0 Å². The Bertz CT molecular complexity index is 612. The molecule has 1 heterocycles. The van der Waals surface area contributed by atoms with E-state index in [0.29, 0.717) is 38.4 Å². The number of amides is 1. The van der Waals surface area contributed by atoms with Gasteiger partial charge in [-0.3, -0.25) is 9.69 Å². The van der Waals surface area contributed by atoms with E-state index in [1.807, 2.05) is 35.2 Å². The van der Waals surface area contributed by atoms with Crippen molar-refractivity contribution < 1.29 is 14.6 Å². The molecule has 1 aliphatic heterocycles. The molecule has 2 rings (SSSR count). The second kappa shape index (κ2) is 12.1. The van der Waals surface area contributed by atoms with E-state index in [4.69, 9.17) is 4.74 Å². The minimum absolute atomic E-state index is 0.145. The molecule has 0 aromatic heterocycles. The van der Waals surface area contributed by atoms with E-state index in [-0.39, 0.29) is 5.91 Å². The number of morpholine rings is 1. The average Bonchev–Trinajstić information content (AvgIpc) is 2.73. The van der Waals surface area contributed by atoms with Gasteiger partial charge in [0.2, 0.25) is 5.91 Å². The summed E-state index contributed by atoms with van der Waals surface area (Å²) < 4.78 is 5.43. The summed E-state index contributed by atoms with van der Waals surface area (Å²) in [5, 5.41) is 11.6. The molecule has 1 atom stereocenters. The third kappa shape index (κ3) is 6.50. The Hall–Kier alpha value is -1.56. The molecule has 5 nitrogen and oxygen atoms in total. The summed E-state index contributed by atoms with van der Waals surface area (Å²) in [6, 6.07) is 9.48. The molecule has 0 bridgehead atoms. The van der Waals surface area contributed by atoms with Crippen LogP contribution in [-0.2, 0) is 15.3 Å². The number of nitrogens with zero attached hydrogens (tertiary/aromatic N) is 2. The molecule has 156 valence electrons. The highest BCUT2D eigenvalue weighted by atomic mass is 16.5. The minimum Gasteiger partial charge on any atom is -0.379 e. The van der Waals surface area contributed by atoms with Crippen molar-refractivity contribution in [1.82, 2.24) is 4.90 Å². The number of hydrogen-bond acceptors (Lipinski definition) is 4. The Morgan fingerprint density at radius 2 is 1.68 bits per heavy atom. The molecule has 28 heavy (non-hydrogen) atoms. The molecule has 1 unspecified atom stereocenters. The largest absolute Gasteiger partial charge is 0.379 e. The summed E-state index contributed by atoms with van der Waals surface area (Å²) in [6.45, 7) is 6.30. The Morgan fingerprint density at radius 1 is 1.07 bits per heavy atom. The van der Waals surface area contributed by atoms with Crippen molar-refractivity contribution in [3.63, 3.8) is 0 Å². The zero-order chi connectivity index (χ0) is 20.2. The fourth-order valence-electron chi connectivity index (χ4n) is 3.73. The van der Waals surface area contributed by atoms with Crippen molar-refractivity contribution in [3.05, 3.63) is 35.9 Å². The molecule has 1 aromatic rings. The van der Waals surface area contributed by atoms with Crippen molar-refractivity contribution in [1.29, 1.82) is 0 Å². The van der Waals surface area contributed by atoms with Gasteiger partial charge >= 0.3 is 0 Å². The van der Waals surface area contributed by atoms with Gasteiger partial charge in [0.25, 0.3) is 0 Å². The van der Waals surface area contributed by atoms with E-state index < -0.39 is 5.72 Å². The van der Waals surface area contributed by atoms with Crippen LogP contribution >= 0.6 is 0 Å². The van der Waals surface area contributed by atoms with Crippen LogP contribution in [-0.4, -0.2) is 47.9 Å². The second-order valence-corrected chi connectivity index (χ2v) is 7.60. The van der Waals surface area contributed by atoms with Crippen molar-refractivity contribution >= 4 is 11.6 Å². The quantitative estimate of drug-likeness (QED) is 0.454. The monoisotopic (exact) mass is 388 g/mol. The number of aliphatic imine (C=N–C) groups is 1. The summed E-state index contributed by atoms with van der Waals surface area (Å²) in [5.41, 5.74) is -0.198. The van der Waals surface area contributed by atoms with E-state index in [0.717, 1.165) is 18.4 Å². The maximum Gasteiger partial charge on any atom is 0.245 e. The van der Waals surface area contributed by atoms with Crippen LogP contribution in [0.15, 0.2) is 35.3 Å². The number of unbranched alkanes of at least 4 members (excludes halogenated alkanes) is 6. The van der Waals surface area contributed by atoms with Gasteiger partial charge < -0.3 is 9.84 Å². The van der Waals surface area contributed by atoms with Crippen molar-refractivity contribution in [2.75, 3.05) is 26.3 Å². The molecule has 5 heteroatoms. The number of aliphatic hydroxyl groups is 1. The Labute approximate surface area is 169 Å². The van der Waals surface area contributed by atoms with Gasteiger partial charge in [-0.2, -0.15) is 0 Å². The Balaban J connectivity index is 1.99. The van der Waals surface area contributed by atoms with Crippen molar-refractivity contribution in [2.24, 2.45) is 4.99 Å². The molecule has 1 fully saturated rings. The number of hydrogen-bond donors (Lipinski definition) is 1. The lowest BCUT2D eigenvalue weighted by Gasteiger charge is -2.41. The average molecular weight is 389 g/mol. The minimum atomic E-state index is -1.37. The first-order chi connectivity index (χ1) is 13.6. The SMILES string of the molecule is CCCCCCCCCC(=O)N=C(C)C(O)(c1ccccc1)N1CCOCC1. The zero-order valence-corrected chi connectivity index (χ0v) is 17.5. The lowest BCUT2D eigenvalue weighted by atomic mass is 9.95. The van der Waals surface area contributed by atoms with E-state index in [1.54, 1.807) is 6.92 Å². The number of rotatable bonds is 11. The van der Waals surface area contributed by atoms with E-state index in [2.05, 4.69) is 11.9 Å². The van der Waals surface area contributed by atoms with E-state index >= 15 is 0 Å². The van der Waals surface area contributed by atoms with Gasteiger partial charge in [0.1, 0.15) is 0 Å². The summed E-state index contributed by atoms with van der Waals surface area (Å²) in [7, 11) is 0. The van der Waals surface area contributed by atoms with Crippen molar-refractivity contribution in [3.8, 4) is 0 Å². The van der Waals surface area contributed by atoms with Crippen LogP contribution in [0.4, 0.5) is 0 Å². The summed E-state index contributed by atoms with van der Waals surface area (Å²) in [6.07, 6.45) is 8.62. The molecule has 0 aliphatic carbocycles. The molecule has 1 aromatic carbocycles. The first-order valence-corrected chi connectivity index (χ1v) is 10.8. The molecule has 1 saturated heterocycles. The molecule has 1 aliphatic rings. The number of benzene rings is 1. The molecular formula is C23H36N2O3. The second-order valence-electron chi connectivity index (χ2n) is 7.60. The molecule has 1 N–H and O–H groups in total.